The second-order valence-corrected chi connectivity index (χ2v) is 6.36. The van der Waals surface area contributed by atoms with E-state index in [1.165, 1.54) is 6.66 Å². The summed E-state index contributed by atoms with van der Waals surface area (Å²) in [6, 6.07) is 0. The molecule has 1 aliphatic heterocycles. The third-order valence-electron chi connectivity index (χ3n) is 2.61. The summed E-state index contributed by atoms with van der Waals surface area (Å²) in [5.74, 6) is 0.355. The molecular formula is C9H20BO5P. The number of rotatable bonds is 4. The van der Waals surface area contributed by atoms with Gasteiger partial charge in [0.05, 0.1) is 19.3 Å². The summed E-state index contributed by atoms with van der Waals surface area (Å²) in [6.07, 6.45) is 0.463. The van der Waals surface area contributed by atoms with Crippen LogP contribution < -0.4 is 0 Å². The number of hydrogen-bond acceptors (Lipinski definition) is 4. The molecule has 1 heterocycles. The molecule has 0 amide bonds. The number of ether oxygens (including phenoxy) is 2. The van der Waals surface area contributed by atoms with Crippen molar-refractivity contribution in [2.24, 2.45) is 5.92 Å². The molecule has 0 bridgehead atoms. The normalized spacial score (nSPS) is 35.3. The van der Waals surface area contributed by atoms with Gasteiger partial charge in [0.1, 0.15) is 7.85 Å². The van der Waals surface area contributed by atoms with Crippen LogP contribution in [0.25, 0.3) is 0 Å². The maximum absolute atomic E-state index is 11.3. The summed E-state index contributed by atoms with van der Waals surface area (Å²) in [7, 11) is 0.200. The van der Waals surface area contributed by atoms with Crippen molar-refractivity contribution in [3.8, 4) is 0 Å². The van der Waals surface area contributed by atoms with E-state index in [0.717, 1.165) is 6.42 Å². The fourth-order valence-corrected chi connectivity index (χ4v) is 2.70. The molecule has 0 aliphatic carbocycles. The van der Waals surface area contributed by atoms with Gasteiger partial charge >= 0.3 is 7.60 Å². The van der Waals surface area contributed by atoms with Crippen molar-refractivity contribution in [1.29, 1.82) is 0 Å². The fraction of sp³-hybridized carbons (Fsp3) is 1.00. The van der Waals surface area contributed by atoms with E-state index in [9.17, 15) is 9.46 Å². The predicted molar refractivity (Wildman–Crippen MR) is 63.7 cm³/mol. The Kier molecular flexibility index (Phi) is 5.48. The zero-order valence-electron chi connectivity index (χ0n) is 10.1. The topological polar surface area (TPSA) is 65.0 Å². The highest BCUT2D eigenvalue weighted by Crippen LogP contribution is 2.42. The number of hydrogen-bond donors (Lipinski definition) is 1. The predicted octanol–water partition coefficient (Wildman–Crippen LogP) is 0.291. The molecular weight excluding hydrogens is 230 g/mol. The van der Waals surface area contributed by atoms with Crippen LogP contribution in [0.5, 0.6) is 0 Å². The molecule has 1 rings (SSSR count). The first kappa shape index (κ1) is 14.2. The van der Waals surface area contributed by atoms with Gasteiger partial charge in [-0.2, -0.15) is 0 Å². The molecule has 0 spiro atoms. The van der Waals surface area contributed by atoms with E-state index in [-0.39, 0.29) is 12.0 Å². The van der Waals surface area contributed by atoms with Gasteiger partial charge in [-0.25, -0.2) is 0 Å². The summed E-state index contributed by atoms with van der Waals surface area (Å²) >= 11 is 0. The Morgan fingerprint density at radius 2 is 2.25 bits per heavy atom. The van der Waals surface area contributed by atoms with E-state index in [0.29, 0.717) is 25.6 Å². The van der Waals surface area contributed by atoms with Gasteiger partial charge in [0.15, 0.2) is 0 Å². The molecule has 1 aliphatic rings. The largest absolute Gasteiger partial charge is 0.384 e. The molecule has 7 heteroatoms. The lowest BCUT2D eigenvalue weighted by atomic mass is 9.82. The third-order valence-corrected chi connectivity index (χ3v) is 3.27. The monoisotopic (exact) mass is 250 g/mol. The summed E-state index contributed by atoms with van der Waals surface area (Å²) in [4.78, 5) is 9.29. The van der Waals surface area contributed by atoms with Gasteiger partial charge in [-0.05, 0) is 12.2 Å². The second kappa shape index (κ2) is 6.17. The van der Waals surface area contributed by atoms with Gasteiger partial charge in [0, 0.05) is 26.3 Å². The Hall–Kier alpha value is 0.135. The molecule has 0 aromatic heterocycles. The summed E-state index contributed by atoms with van der Waals surface area (Å²) < 4.78 is 27.1. The molecule has 4 atom stereocenters. The maximum atomic E-state index is 11.3. The molecule has 94 valence electrons. The van der Waals surface area contributed by atoms with E-state index in [4.69, 9.17) is 14.0 Å². The molecule has 0 aromatic rings. The highest BCUT2D eigenvalue weighted by atomic mass is 31.2. The number of methoxy groups -OCH3 is 1. The van der Waals surface area contributed by atoms with Crippen LogP contribution in [0.3, 0.4) is 0 Å². The zero-order valence-corrected chi connectivity index (χ0v) is 11.0. The smallest absolute Gasteiger partial charge is 0.325 e. The average Bonchev–Trinajstić information content (AvgIpc) is 2.27. The van der Waals surface area contributed by atoms with Crippen LogP contribution >= 0.6 is 7.60 Å². The fourth-order valence-electron chi connectivity index (χ4n) is 1.93. The summed E-state index contributed by atoms with van der Waals surface area (Å²) in [6.45, 7) is 2.88. The van der Waals surface area contributed by atoms with Crippen molar-refractivity contribution < 1.29 is 23.5 Å². The molecule has 1 N–H and O–H groups in total. The van der Waals surface area contributed by atoms with E-state index >= 15 is 0 Å². The molecule has 0 saturated carbocycles. The summed E-state index contributed by atoms with van der Waals surface area (Å²) in [5.41, 5.74) is 0. The minimum Gasteiger partial charge on any atom is -0.384 e. The van der Waals surface area contributed by atoms with E-state index < -0.39 is 7.60 Å². The molecule has 0 radical (unpaired) electrons. The molecule has 3 unspecified atom stereocenters. The molecule has 16 heavy (non-hydrogen) atoms. The Labute approximate surface area is 97.4 Å². The van der Waals surface area contributed by atoms with Crippen LogP contribution in [0.2, 0.25) is 5.82 Å². The SMILES string of the molecule is B[C@H]1COCC(COC)C(OP(C)(=O)O)C1. The van der Waals surface area contributed by atoms with Crippen molar-refractivity contribution in [3.05, 3.63) is 0 Å². The van der Waals surface area contributed by atoms with Crippen molar-refractivity contribution in [2.45, 2.75) is 18.3 Å². The lowest BCUT2D eigenvalue weighted by molar-refractivity contribution is 0.0194. The van der Waals surface area contributed by atoms with Gasteiger partial charge in [-0.1, -0.05) is 0 Å². The molecule has 1 fully saturated rings. The standard InChI is InChI=1S/C9H20BO5P/c1-13-4-7-5-14-6-8(10)3-9(7)15-16(2,11)12/h7-9H,3-6,10H2,1-2H3,(H,11,12)/t7?,8-,9?/m1/s1. The van der Waals surface area contributed by atoms with Gasteiger partial charge in [0.2, 0.25) is 0 Å². The Morgan fingerprint density at radius 1 is 1.56 bits per heavy atom. The molecule has 0 aromatic carbocycles. The molecule has 1 saturated heterocycles. The van der Waals surface area contributed by atoms with Gasteiger partial charge in [0.25, 0.3) is 0 Å². The van der Waals surface area contributed by atoms with Crippen molar-refractivity contribution in [1.82, 2.24) is 0 Å². The first-order chi connectivity index (χ1) is 7.42. The summed E-state index contributed by atoms with van der Waals surface area (Å²) in [5, 5.41) is 0. The Bertz CT molecular complexity index is 256. The van der Waals surface area contributed by atoms with Crippen LogP contribution in [0.4, 0.5) is 0 Å². The van der Waals surface area contributed by atoms with Crippen molar-refractivity contribution in [2.75, 3.05) is 33.6 Å². The van der Waals surface area contributed by atoms with E-state index in [1.54, 1.807) is 7.11 Å². The van der Waals surface area contributed by atoms with Crippen LogP contribution in [0.1, 0.15) is 6.42 Å². The van der Waals surface area contributed by atoms with E-state index in [1.807, 2.05) is 7.85 Å². The maximum Gasteiger partial charge on any atom is 0.325 e. The van der Waals surface area contributed by atoms with Crippen LogP contribution in [-0.2, 0) is 18.6 Å². The third kappa shape index (κ3) is 4.98. The van der Waals surface area contributed by atoms with Crippen LogP contribution in [0, 0.1) is 5.92 Å². The Morgan fingerprint density at radius 3 is 2.81 bits per heavy atom. The highest BCUT2D eigenvalue weighted by Gasteiger charge is 2.31. The van der Waals surface area contributed by atoms with Crippen LogP contribution in [-0.4, -0.2) is 52.4 Å². The Balaban J connectivity index is 2.66. The quantitative estimate of drug-likeness (QED) is 0.573. The average molecular weight is 250 g/mol. The minimum absolute atomic E-state index is 0.0235. The molecule has 5 nitrogen and oxygen atoms in total. The first-order valence-corrected chi connectivity index (χ1v) is 7.50. The van der Waals surface area contributed by atoms with Gasteiger partial charge in [-0.15, -0.1) is 0 Å². The first-order valence-electron chi connectivity index (χ1n) is 5.47. The van der Waals surface area contributed by atoms with E-state index in [2.05, 4.69) is 0 Å². The van der Waals surface area contributed by atoms with Crippen molar-refractivity contribution >= 4 is 15.4 Å². The van der Waals surface area contributed by atoms with Crippen molar-refractivity contribution in [3.63, 3.8) is 0 Å². The lowest BCUT2D eigenvalue weighted by Crippen LogP contribution is -2.29. The minimum atomic E-state index is -3.45. The van der Waals surface area contributed by atoms with Gasteiger partial charge < -0.3 is 18.9 Å². The van der Waals surface area contributed by atoms with Crippen LogP contribution in [0.15, 0.2) is 0 Å². The highest BCUT2D eigenvalue weighted by molar-refractivity contribution is 7.51. The lowest BCUT2D eigenvalue weighted by Gasteiger charge is -2.25. The van der Waals surface area contributed by atoms with Gasteiger partial charge in [-0.3, -0.25) is 4.57 Å². The zero-order chi connectivity index (χ0) is 12.2. The second-order valence-electron chi connectivity index (χ2n) is 4.54.